The van der Waals surface area contributed by atoms with Crippen molar-refractivity contribution in [1.82, 2.24) is 0 Å². The third kappa shape index (κ3) is 1.86. The van der Waals surface area contributed by atoms with E-state index in [4.69, 9.17) is 10.5 Å². The molecule has 2 aliphatic heterocycles. The lowest BCUT2D eigenvalue weighted by Crippen LogP contribution is -2.44. The molecule has 2 saturated heterocycles. The van der Waals surface area contributed by atoms with Crippen LogP contribution in [0.3, 0.4) is 0 Å². The summed E-state index contributed by atoms with van der Waals surface area (Å²) in [7, 11) is 0. The molecule has 3 N–H and O–H groups in total. The molecule has 2 bridgehead atoms. The van der Waals surface area contributed by atoms with E-state index in [-0.39, 0.29) is 24.3 Å². The van der Waals surface area contributed by atoms with E-state index in [1.54, 1.807) is 0 Å². The van der Waals surface area contributed by atoms with Crippen LogP contribution in [0.1, 0.15) is 30.9 Å². The average molecular weight is 287 g/mol. The van der Waals surface area contributed by atoms with Gasteiger partial charge in [-0.15, -0.1) is 0 Å². The first-order valence-electron chi connectivity index (χ1n) is 6.66. The average Bonchev–Trinajstić information content (AvgIpc) is 3.04. The van der Waals surface area contributed by atoms with Crippen LogP contribution in [0, 0.1) is 22.9 Å². The van der Waals surface area contributed by atoms with Gasteiger partial charge in [0, 0.05) is 12.0 Å². The fourth-order valence-electron chi connectivity index (χ4n) is 3.51. The maximum absolute atomic E-state index is 13.3. The molecule has 4 unspecified atom stereocenters. The third-order valence-electron chi connectivity index (χ3n) is 4.60. The first-order valence-corrected chi connectivity index (χ1v) is 6.66. The number of hydrogen-bond donors (Lipinski definition) is 2. The minimum Gasteiger partial charge on any atom is -0.388 e. The Kier molecular flexibility index (Phi) is 3.27. The number of hydrogen-bond acceptors (Lipinski definition) is 3. The summed E-state index contributed by atoms with van der Waals surface area (Å²) >= 11 is 0. The lowest BCUT2D eigenvalue weighted by molar-refractivity contribution is -0.0267. The first kappa shape index (κ1) is 13.9. The van der Waals surface area contributed by atoms with Crippen molar-refractivity contribution in [1.29, 1.82) is 0 Å². The third-order valence-corrected chi connectivity index (χ3v) is 4.60. The van der Waals surface area contributed by atoms with Crippen LogP contribution in [0.15, 0.2) is 12.1 Å². The monoisotopic (exact) mass is 287 g/mol. The van der Waals surface area contributed by atoms with Crippen LogP contribution < -0.4 is 5.73 Å². The summed E-state index contributed by atoms with van der Waals surface area (Å²) in [5, 5.41) is 10.5. The van der Waals surface area contributed by atoms with Crippen LogP contribution >= 0.6 is 0 Å². The molecule has 0 amide bonds. The zero-order valence-corrected chi connectivity index (χ0v) is 10.8. The Balaban J connectivity index is 1.97. The Hall–Kier alpha value is -1.11. The van der Waals surface area contributed by atoms with Crippen LogP contribution in [0.25, 0.3) is 0 Å². The number of nitrogens with two attached hydrogens (primary N) is 1. The molecule has 1 aromatic rings. The van der Waals surface area contributed by atoms with Gasteiger partial charge < -0.3 is 15.6 Å². The molecule has 0 aromatic heterocycles. The molecular weight excluding hydrogens is 271 g/mol. The van der Waals surface area contributed by atoms with Gasteiger partial charge in [0.15, 0.2) is 17.5 Å². The van der Waals surface area contributed by atoms with Gasteiger partial charge in [0.05, 0.1) is 18.3 Å². The molecule has 3 rings (SSSR count). The highest BCUT2D eigenvalue weighted by Gasteiger charge is 2.55. The van der Waals surface area contributed by atoms with E-state index in [1.807, 2.05) is 0 Å². The minimum absolute atomic E-state index is 0.00278. The topological polar surface area (TPSA) is 55.5 Å². The molecule has 2 aliphatic rings. The summed E-state index contributed by atoms with van der Waals surface area (Å²) in [5.41, 5.74) is 5.05. The number of benzene rings is 1. The van der Waals surface area contributed by atoms with E-state index >= 15 is 0 Å². The highest BCUT2D eigenvalue weighted by Crippen LogP contribution is 2.53. The van der Waals surface area contributed by atoms with Crippen molar-refractivity contribution in [3.8, 4) is 0 Å². The molecule has 0 saturated carbocycles. The van der Waals surface area contributed by atoms with Gasteiger partial charge in [-0.1, -0.05) is 0 Å². The summed E-state index contributed by atoms with van der Waals surface area (Å²) in [5.74, 6) is -4.16. The van der Waals surface area contributed by atoms with Gasteiger partial charge in [-0.3, -0.25) is 0 Å². The van der Waals surface area contributed by atoms with Gasteiger partial charge >= 0.3 is 0 Å². The maximum Gasteiger partial charge on any atom is 0.194 e. The zero-order chi connectivity index (χ0) is 14.5. The number of fused-ring (bicyclic) bond motifs is 2. The molecule has 0 aliphatic carbocycles. The van der Waals surface area contributed by atoms with E-state index in [0.29, 0.717) is 6.42 Å². The summed E-state index contributed by atoms with van der Waals surface area (Å²) in [6.07, 6.45) is 0.871. The van der Waals surface area contributed by atoms with E-state index < -0.39 is 29.0 Å². The second-order valence-electron chi connectivity index (χ2n) is 5.67. The van der Waals surface area contributed by atoms with Crippen molar-refractivity contribution < 1.29 is 23.0 Å². The number of aliphatic hydroxyl groups excluding tert-OH is 1. The molecule has 4 atom stereocenters. The lowest BCUT2D eigenvalue weighted by atomic mass is 9.68. The minimum atomic E-state index is -1.54. The Labute approximate surface area is 114 Å². The van der Waals surface area contributed by atoms with Gasteiger partial charge in [0.25, 0.3) is 0 Å². The predicted octanol–water partition coefficient (Wildman–Crippen LogP) is 2.03. The van der Waals surface area contributed by atoms with E-state index in [2.05, 4.69) is 0 Å². The highest BCUT2D eigenvalue weighted by molar-refractivity contribution is 5.25. The molecule has 1 aromatic carbocycles. The van der Waals surface area contributed by atoms with Gasteiger partial charge in [0.1, 0.15) is 0 Å². The smallest absolute Gasteiger partial charge is 0.194 e. The van der Waals surface area contributed by atoms with Crippen molar-refractivity contribution in [2.24, 2.45) is 11.1 Å². The van der Waals surface area contributed by atoms with Gasteiger partial charge in [-0.25, -0.2) is 13.2 Å². The van der Waals surface area contributed by atoms with Crippen molar-refractivity contribution >= 4 is 0 Å². The van der Waals surface area contributed by atoms with Gasteiger partial charge in [-0.05, 0) is 37.0 Å². The van der Waals surface area contributed by atoms with E-state index in [0.717, 1.165) is 25.0 Å². The van der Waals surface area contributed by atoms with E-state index in [9.17, 15) is 18.3 Å². The van der Waals surface area contributed by atoms with Gasteiger partial charge in [0.2, 0.25) is 0 Å². The molecule has 3 nitrogen and oxygen atoms in total. The fraction of sp³-hybridized carbons (Fsp3) is 0.571. The quantitative estimate of drug-likeness (QED) is 0.836. The first-order chi connectivity index (χ1) is 9.48. The van der Waals surface area contributed by atoms with Gasteiger partial charge in [-0.2, -0.15) is 0 Å². The predicted molar refractivity (Wildman–Crippen MR) is 65.3 cm³/mol. The number of rotatable bonds is 3. The summed E-state index contributed by atoms with van der Waals surface area (Å²) < 4.78 is 45.3. The van der Waals surface area contributed by atoms with Crippen molar-refractivity contribution in [3.05, 3.63) is 35.1 Å². The van der Waals surface area contributed by atoms with Crippen molar-refractivity contribution in [2.45, 2.75) is 37.6 Å². The largest absolute Gasteiger partial charge is 0.388 e. The molecule has 110 valence electrons. The Morgan fingerprint density at radius 1 is 1.30 bits per heavy atom. The van der Waals surface area contributed by atoms with E-state index in [1.165, 1.54) is 0 Å². The standard InChI is InChI=1S/C14H16F3NO2/c15-9-3-7(4-10(16)12(9)17)13(19)14(6-18)5-8-1-2-11(14)20-8/h3-4,8,11,13,19H,1-2,5-6,18H2. The number of halogens is 3. The molecule has 20 heavy (non-hydrogen) atoms. The van der Waals surface area contributed by atoms with Crippen LogP contribution in [-0.4, -0.2) is 23.9 Å². The van der Waals surface area contributed by atoms with Crippen molar-refractivity contribution in [3.63, 3.8) is 0 Å². The van der Waals surface area contributed by atoms with Crippen LogP contribution in [0.4, 0.5) is 13.2 Å². The molecule has 2 fully saturated rings. The molecular formula is C14H16F3NO2. The number of aliphatic hydroxyl groups is 1. The molecule has 6 heteroatoms. The second kappa shape index (κ2) is 4.72. The SMILES string of the molecule is NCC1(C(O)c2cc(F)c(F)c(F)c2)CC2CCC1O2. The van der Waals surface area contributed by atoms with Crippen LogP contribution in [0.2, 0.25) is 0 Å². The fourth-order valence-corrected chi connectivity index (χ4v) is 3.51. The maximum atomic E-state index is 13.3. The van der Waals surface area contributed by atoms with Crippen LogP contribution in [-0.2, 0) is 4.74 Å². The number of ether oxygens (including phenoxy) is 1. The zero-order valence-electron chi connectivity index (χ0n) is 10.8. The molecule has 2 heterocycles. The normalized spacial score (nSPS) is 33.6. The summed E-state index contributed by atoms with van der Waals surface area (Å²) in [6, 6.07) is 1.65. The lowest BCUT2D eigenvalue weighted by Gasteiger charge is -2.38. The van der Waals surface area contributed by atoms with Crippen LogP contribution in [0.5, 0.6) is 0 Å². The second-order valence-corrected chi connectivity index (χ2v) is 5.67. The van der Waals surface area contributed by atoms with Crippen molar-refractivity contribution in [2.75, 3.05) is 6.54 Å². The Morgan fingerprint density at radius 2 is 1.95 bits per heavy atom. The summed E-state index contributed by atoms with van der Waals surface area (Å²) in [4.78, 5) is 0. The molecule has 0 spiro atoms. The highest BCUT2D eigenvalue weighted by atomic mass is 19.2. The molecule has 0 radical (unpaired) electrons. The Morgan fingerprint density at radius 3 is 2.40 bits per heavy atom. The summed E-state index contributed by atoms with van der Waals surface area (Å²) in [6.45, 7) is 0.149. The Bertz CT molecular complexity index is 516.